The molecule has 80 valence electrons. The topological polar surface area (TPSA) is 40.5 Å². The van der Waals surface area contributed by atoms with Gasteiger partial charge in [-0.1, -0.05) is 28.1 Å². The zero-order chi connectivity index (χ0) is 10.8. The monoisotopic (exact) mass is 286 g/mol. The highest BCUT2D eigenvalue weighted by Crippen LogP contribution is 2.26. The van der Waals surface area contributed by atoms with Crippen LogP contribution in [0.5, 0.6) is 0 Å². The van der Waals surface area contributed by atoms with Crippen LogP contribution in [0.15, 0.2) is 29.6 Å². The van der Waals surface area contributed by atoms with Gasteiger partial charge < -0.3 is 10.2 Å². The summed E-state index contributed by atoms with van der Waals surface area (Å²) in [7, 11) is 0. The van der Waals surface area contributed by atoms with Crippen LogP contribution in [0.3, 0.4) is 0 Å². The number of aliphatic hydroxyl groups is 2. The molecule has 2 nitrogen and oxygen atoms in total. The second-order valence-corrected chi connectivity index (χ2v) is 4.98. The van der Waals surface area contributed by atoms with E-state index in [0.29, 0.717) is 5.33 Å². The minimum Gasteiger partial charge on any atom is -0.389 e. The summed E-state index contributed by atoms with van der Waals surface area (Å²) in [6, 6.07) is 7.78. The first-order valence-corrected chi connectivity index (χ1v) is 6.61. The number of hydrogen-bond donors (Lipinski definition) is 2. The zero-order valence-corrected chi connectivity index (χ0v) is 10.3. The Morgan fingerprint density at radius 3 is 2.80 bits per heavy atom. The molecule has 0 amide bonds. The standard InChI is InChI=1S/C11H11BrO2S/c12-6-9(13)11(14)8-2-1-7-3-4-15-10(7)5-8/h1-5,9,11,13-14H,6H2. The van der Waals surface area contributed by atoms with Crippen LogP contribution < -0.4 is 0 Å². The highest BCUT2D eigenvalue weighted by Gasteiger charge is 2.17. The molecule has 15 heavy (non-hydrogen) atoms. The van der Waals surface area contributed by atoms with Crippen molar-refractivity contribution >= 4 is 37.4 Å². The van der Waals surface area contributed by atoms with Gasteiger partial charge in [0, 0.05) is 10.0 Å². The lowest BCUT2D eigenvalue weighted by molar-refractivity contribution is 0.0344. The molecule has 0 fully saturated rings. The number of hydrogen-bond acceptors (Lipinski definition) is 3. The van der Waals surface area contributed by atoms with Gasteiger partial charge in [-0.2, -0.15) is 0 Å². The Morgan fingerprint density at radius 2 is 2.07 bits per heavy atom. The number of halogens is 1. The molecule has 0 radical (unpaired) electrons. The SMILES string of the molecule is OC(CBr)C(O)c1ccc2ccsc2c1. The molecule has 2 aromatic rings. The summed E-state index contributed by atoms with van der Waals surface area (Å²) in [5.41, 5.74) is 0.761. The van der Waals surface area contributed by atoms with Crippen molar-refractivity contribution in [1.29, 1.82) is 0 Å². The van der Waals surface area contributed by atoms with E-state index in [1.807, 2.05) is 29.6 Å². The van der Waals surface area contributed by atoms with Crippen LogP contribution in [-0.2, 0) is 0 Å². The van der Waals surface area contributed by atoms with Crippen molar-refractivity contribution in [2.45, 2.75) is 12.2 Å². The Balaban J connectivity index is 2.35. The highest BCUT2D eigenvalue weighted by molar-refractivity contribution is 9.09. The van der Waals surface area contributed by atoms with E-state index < -0.39 is 12.2 Å². The summed E-state index contributed by atoms with van der Waals surface area (Å²) in [6.45, 7) is 0. The molecule has 0 bridgehead atoms. The zero-order valence-electron chi connectivity index (χ0n) is 7.93. The number of aliphatic hydroxyl groups excluding tert-OH is 2. The quantitative estimate of drug-likeness (QED) is 0.852. The maximum atomic E-state index is 9.81. The van der Waals surface area contributed by atoms with E-state index in [-0.39, 0.29) is 0 Å². The minimum absolute atomic E-state index is 0.372. The molecule has 1 aromatic heterocycles. The molecule has 0 spiro atoms. The normalized spacial score (nSPS) is 15.4. The van der Waals surface area contributed by atoms with Gasteiger partial charge in [0.25, 0.3) is 0 Å². The first-order chi connectivity index (χ1) is 7.22. The van der Waals surface area contributed by atoms with Crippen molar-refractivity contribution in [3.05, 3.63) is 35.2 Å². The van der Waals surface area contributed by atoms with Crippen LogP contribution in [0, 0.1) is 0 Å². The average molecular weight is 287 g/mol. The van der Waals surface area contributed by atoms with Gasteiger partial charge in [0.05, 0.1) is 6.10 Å². The molecule has 4 heteroatoms. The fourth-order valence-electron chi connectivity index (χ4n) is 1.46. The lowest BCUT2D eigenvalue weighted by Crippen LogP contribution is -2.19. The fraction of sp³-hybridized carbons (Fsp3) is 0.273. The van der Waals surface area contributed by atoms with Crippen LogP contribution in [0.25, 0.3) is 10.1 Å². The van der Waals surface area contributed by atoms with Crippen molar-refractivity contribution < 1.29 is 10.2 Å². The molecule has 2 unspecified atom stereocenters. The molecule has 2 atom stereocenters. The van der Waals surface area contributed by atoms with Crippen molar-refractivity contribution in [1.82, 2.24) is 0 Å². The first-order valence-electron chi connectivity index (χ1n) is 4.61. The predicted molar refractivity (Wildman–Crippen MR) is 66.6 cm³/mol. The summed E-state index contributed by atoms with van der Waals surface area (Å²) < 4.78 is 1.13. The maximum Gasteiger partial charge on any atom is 0.106 e. The summed E-state index contributed by atoms with van der Waals surface area (Å²) in [5.74, 6) is 0. The van der Waals surface area contributed by atoms with Gasteiger partial charge >= 0.3 is 0 Å². The second-order valence-electron chi connectivity index (χ2n) is 3.38. The van der Waals surface area contributed by atoms with Crippen molar-refractivity contribution in [3.63, 3.8) is 0 Å². The molecule has 0 aliphatic rings. The second kappa shape index (κ2) is 4.61. The van der Waals surface area contributed by atoms with Gasteiger partial charge in [-0.3, -0.25) is 0 Å². The third-order valence-electron chi connectivity index (χ3n) is 2.34. The minimum atomic E-state index is -0.823. The Bertz CT molecular complexity index is 455. The fourth-order valence-corrected chi connectivity index (χ4v) is 2.65. The Kier molecular flexibility index (Phi) is 3.41. The molecular formula is C11H11BrO2S. The van der Waals surface area contributed by atoms with Gasteiger partial charge in [-0.05, 0) is 28.5 Å². The van der Waals surface area contributed by atoms with E-state index in [2.05, 4.69) is 15.9 Å². The molecule has 0 aliphatic carbocycles. The molecule has 1 aromatic carbocycles. The Hall–Kier alpha value is -0.420. The van der Waals surface area contributed by atoms with E-state index in [1.165, 1.54) is 5.39 Å². The predicted octanol–water partition coefficient (Wildman–Crippen LogP) is 2.69. The number of thiophene rings is 1. The smallest absolute Gasteiger partial charge is 0.106 e. The largest absolute Gasteiger partial charge is 0.389 e. The lowest BCUT2D eigenvalue weighted by Gasteiger charge is -2.15. The van der Waals surface area contributed by atoms with Gasteiger partial charge in [-0.25, -0.2) is 0 Å². The van der Waals surface area contributed by atoms with Crippen molar-refractivity contribution in [2.24, 2.45) is 0 Å². The molecular weight excluding hydrogens is 276 g/mol. The van der Waals surface area contributed by atoms with Crippen molar-refractivity contribution in [2.75, 3.05) is 5.33 Å². The van der Waals surface area contributed by atoms with Gasteiger partial charge in [0.1, 0.15) is 6.10 Å². The average Bonchev–Trinajstić information content (AvgIpc) is 2.73. The van der Waals surface area contributed by atoms with Gasteiger partial charge in [0.2, 0.25) is 0 Å². The number of alkyl halides is 1. The summed E-state index contributed by atoms with van der Waals surface area (Å²) in [6.07, 6.45) is -1.58. The molecule has 0 saturated carbocycles. The number of fused-ring (bicyclic) bond motifs is 1. The maximum absolute atomic E-state index is 9.81. The van der Waals surface area contributed by atoms with E-state index in [4.69, 9.17) is 0 Å². The highest BCUT2D eigenvalue weighted by atomic mass is 79.9. The van der Waals surface area contributed by atoms with E-state index in [9.17, 15) is 10.2 Å². The van der Waals surface area contributed by atoms with Crippen LogP contribution in [-0.4, -0.2) is 21.6 Å². The van der Waals surface area contributed by atoms with Gasteiger partial charge in [0.15, 0.2) is 0 Å². The third-order valence-corrected chi connectivity index (χ3v) is 3.89. The summed E-state index contributed by atoms with van der Waals surface area (Å²) >= 11 is 4.78. The molecule has 0 aliphatic heterocycles. The molecule has 2 N–H and O–H groups in total. The van der Waals surface area contributed by atoms with Gasteiger partial charge in [-0.15, -0.1) is 11.3 Å². The Labute approximate surface area is 100 Å². The molecule has 0 saturated heterocycles. The van der Waals surface area contributed by atoms with Crippen LogP contribution in [0.2, 0.25) is 0 Å². The van der Waals surface area contributed by atoms with Crippen LogP contribution in [0.4, 0.5) is 0 Å². The molecule has 1 heterocycles. The summed E-state index contributed by atoms with van der Waals surface area (Å²) in [4.78, 5) is 0. The lowest BCUT2D eigenvalue weighted by atomic mass is 10.0. The summed E-state index contributed by atoms with van der Waals surface area (Å²) in [5, 5.41) is 22.9. The Morgan fingerprint density at radius 1 is 1.27 bits per heavy atom. The first kappa shape index (κ1) is 11.1. The third kappa shape index (κ3) is 2.23. The van der Waals surface area contributed by atoms with Crippen LogP contribution in [0.1, 0.15) is 11.7 Å². The van der Waals surface area contributed by atoms with E-state index in [0.717, 1.165) is 10.3 Å². The van der Waals surface area contributed by atoms with Crippen molar-refractivity contribution in [3.8, 4) is 0 Å². The number of rotatable bonds is 3. The van der Waals surface area contributed by atoms with E-state index in [1.54, 1.807) is 11.3 Å². The van der Waals surface area contributed by atoms with Crippen LogP contribution >= 0.6 is 27.3 Å². The molecule has 2 rings (SSSR count). The van der Waals surface area contributed by atoms with E-state index >= 15 is 0 Å². The number of benzene rings is 1.